The van der Waals surface area contributed by atoms with Crippen molar-refractivity contribution in [2.45, 2.75) is 0 Å². The van der Waals surface area contributed by atoms with Crippen molar-refractivity contribution in [3.63, 3.8) is 0 Å². The largest absolute Gasteiger partial charge is 0.507 e. The third kappa shape index (κ3) is 1.73. The molecule has 1 N–H and O–H groups in total. The van der Waals surface area contributed by atoms with Crippen LogP contribution in [0, 0.1) is 12.3 Å². The van der Waals surface area contributed by atoms with Crippen LogP contribution in [-0.2, 0) is 0 Å². The molecule has 0 radical (unpaired) electrons. The monoisotopic (exact) mass is 251 g/mol. The summed E-state index contributed by atoms with van der Waals surface area (Å²) >= 11 is 1.54. The van der Waals surface area contributed by atoms with Crippen molar-refractivity contribution in [1.29, 1.82) is 0 Å². The molecule has 18 heavy (non-hydrogen) atoms. The number of hydrogen-bond donors (Lipinski definition) is 1. The molecule has 0 atom stereocenters. The average Bonchev–Trinajstić information content (AvgIpc) is 2.82. The van der Waals surface area contributed by atoms with E-state index in [0.717, 1.165) is 20.8 Å². The summed E-state index contributed by atoms with van der Waals surface area (Å²) in [5, 5.41) is 10.7. The molecule has 3 heteroatoms. The quantitative estimate of drug-likeness (QED) is 0.670. The molecule has 0 saturated heterocycles. The van der Waals surface area contributed by atoms with E-state index in [1.165, 1.54) is 0 Å². The Kier molecular flexibility index (Phi) is 2.51. The highest BCUT2D eigenvalue weighted by Crippen LogP contribution is 2.35. The predicted molar refractivity (Wildman–Crippen MR) is 74.7 cm³/mol. The number of fused-ring (bicyclic) bond motifs is 1. The summed E-state index contributed by atoms with van der Waals surface area (Å²) in [7, 11) is 0. The lowest BCUT2D eigenvalue weighted by Gasteiger charge is -2.01. The summed E-state index contributed by atoms with van der Waals surface area (Å²) in [6.07, 6.45) is 5.37. The summed E-state index contributed by atoms with van der Waals surface area (Å²) < 4.78 is 1.10. The standard InChI is InChI=1S/C15H9NOS/c1-2-10-7-8-13(17)11(9-10)15-16-12-5-3-4-6-14(12)18-15/h1,3-9,17H. The van der Waals surface area contributed by atoms with Crippen LogP contribution in [0.1, 0.15) is 5.56 Å². The predicted octanol–water partition coefficient (Wildman–Crippen LogP) is 3.65. The number of phenolic OH excluding ortho intramolecular Hbond substituents is 1. The second kappa shape index (κ2) is 4.17. The second-order valence-corrected chi connectivity index (χ2v) is 4.89. The molecule has 1 heterocycles. The lowest BCUT2D eigenvalue weighted by molar-refractivity contribution is 0.477. The molecular weight excluding hydrogens is 242 g/mol. The van der Waals surface area contributed by atoms with Crippen LogP contribution in [0.3, 0.4) is 0 Å². The van der Waals surface area contributed by atoms with Gasteiger partial charge in [0.15, 0.2) is 0 Å². The van der Waals surface area contributed by atoms with Gasteiger partial charge in [-0.15, -0.1) is 17.8 Å². The molecule has 3 rings (SSSR count). The van der Waals surface area contributed by atoms with Gasteiger partial charge in [0.05, 0.1) is 15.8 Å². The Morgan fingerprint density at radius 1 is 1.17 bits per heavy atom. The number of para-hydroxylation sites is 1. The third-order valence-corrected chi connectivity index (χ3v) is 3.76. The Balaban J connectivity index is 2.22. The van der Waals surface area contributed by atoms with E-state index in [0.29, 0.717) is 5.56 Å². The van der Waals surface area contributed by atoms with Crippen LogP contribution in [0.5, 0.6) is 5.75 Å². The Labute approximate surface area is 109 Å². The SMILES string of the molecule is C#Cc1ccc(O)c(-c2nc3ccccc3s2)c1. The molecule has 0 spiro atoms. The highest BCUT2D eigenvalue weighted by Gasteiger charge is 2.10. The van der Waals surface area contributed by atoms with Gasteiger partial charge >= 0.3 is 0 Å². The minimum Gasteiger partial charge on any atom is -0.507 e. The number of phenols is 1. The Hall–Kier alpha value is -2.31. The fraction of sp³-hybridized carbons (Fsp3) is 0. The van der Waals surface area contributed by atoms with E-state index in [1.54, 1.807) is 29.5 Å². The highest BCUT2D eigenvalue weighted by molar-refractivity contribution is 7.21. The van der Waals surface area contributed by atoms with Gasteiger partial charge in [0.1, 0.15) is 10.8 Å². The van der Waals surface area contributed by atoms with E-state index in [9.17, 15) is 5.11 Å². The summed E-state index contributed by atoms with van der Waals surface area (Å²) in [6, 6.07) is 13.0. The molecular formula is C15H9NOS. The first kappa shape index (κ1) is 10.8. The van der Waals surface area contributed by atoms with E-state index < -0.39 is 0 Å². The number of benzene rings is 2. The first-order valence-electron chi connectivity index (χ1n) is 5.43. The lowest BCUT2D eigenvalue weighted by Crippen LogP contribution is -1.80. The van der Waals surface area contributed by atoms with Gasteiger partial charge in [-0.05, 0) is 30.3 Å². The number of thiazole rings is 1. The smallest absolute Gasteiger partial charge is 0.128 e. The maximum Gasteiger partial charge on any atom is 0.128 e. The molecule has 0 aliphatic rings. The minimum atomic E-state index is 0.202. The Morgan fingerprint density at radius 3 is 2.78 bits per heavy atom. The van der Waals surface area contributed by atoms with Gasteiger partial charge in [-0.2, -0.15) is 0 Å². The van der Waals surface area contributed by atoms with Crippen LogP contribution < -0.4 is 0 Å². The molecule has 2 nitrogen and oxygen atoms in total. The van der Waals surface area contributed by atoms with Crippen molar-refractivity contribution < 1.29 is 5.11 Å². The molecule has 0 fully saturated rings. The first-order valence-corrected chi connectivity index (χ1v) is 6.25. The van der Waals surface area contributed by atoms with Gasteiger partial charge in [0, 0.05) is 5.56 Å². The Bertz CT molecular complexity index is 735. The molecule has 0 saturated carbocycles. The molecule has 0 amide bonds. The number of aromatic hydroxyl groups is 1. The van der Waals surface area contributed by atoms with Crippen molar-refractivity contribution in [3.8, 4) is 28.7 Å². The van der Waals surface area contributed by atoms with Gasteiger partial charge in [-0.3, -0.25) is 0 Å². The van der Waals surface area contributed by atoms with E-state index in [4.69, 9.17) is 6.42 Å². The highest BCUT2D eigenvalue weighted by atomic mass is 32.1. The summed E-state index contributed by atoms with van der Waals surface area (Å²) in [6.45, 7) is 0. The van der Waals surface area contributed by atoms with E-state index in [-0.39, 0.29) is 5.75 Å². The van der Waals surface area contributed by atoms with Crippen LogP contribution in [-0.4, -0.2) is 10.1 Å². The maximum atomic E-state index is 9.91. The van der Waals surface area contributed by atoms with Crippen molar-refractivity contribution in [2.24, 2.45) is 0 Å². The van der Waals surface area contributed by atoms with Crippen LogP contribution in [0.4, 0.5) is 0 Å². The van der Waals surface area contributed by atoms with E-state index >= 15 is 0 Å². The van der Waals surface area contributed by atoms with E-state index in [2.05, 4.69) is 10.9 Å². The van der Waals surface area contributed by atoms with Gasteiger partial charge < -0.3 is 5.11 Å². The number of rotatable bonds is 1. The zero-order valence-electron chi connectivity index (χ0n) is 9.42. The molecule has 2 aromatic carbocycles. The molecule has 0 aliphatic carbocycles. The number of nitrogens with zero attached hydrogens (tertiary/aromatic N) is 1. The molecule has 86 valence electrons. The van der Waals surface area contributed by atoms with Crippen LogP contribution in [0.25, 0.3) is 20.8 Å². The maximum absolute atomic E-state index is 9.91. The lowest BCUT2D eigenvalue weighted by atomic mass is 10.1. The molecule has 0 unspecified atom stereocenters. The second-order valence-electron chi connectivity index (χ2n) is 3.86. The Morgan fingerprint density at radius 2 is 2.00 bits per heavy atom. The summed E-state index contributed by atoms with van der Waals surface area (Å²) in [4.78, 5) is 4.51. The van der Waals surface area contributed by atoms with Gasteiger partial charge in [0.2, 0.25) is 0 Å². The van der Waals surface area contributed by atoms with Crippen LogP contribution >= 0.6 is 11.3 Å². The van der Waals surface area contributed by atoms with Crippen molar-refractivity contribution in [3.05, 3.63) is 48.0 Å². The fourth-order valence-electron chi connectivity index (χ4n) is 1.78. The molecule has 0 aliphatic heterocycles. The molecule has 1 aromatic heterocycles. The minimum absolute atomic E-state index is 0.202. The summed E-state index contributed by atoms with van der Waals surface area (Å²) in [5.74, 6) is 2.77. The van der Waals surface area contributed by atoms with Gasteiger partial charge in [-0.1, -0.05) is 18.1 Å². The van der Waals surface area contributed by atoms with Crippen molar-refractivity contribution in [1.82, 2.24) is 4.98 Å². The van der Waals surface area contributed by atoms with Crippen molar-refractivity contribution >= 4 is 21.6 Å². The zero-order valence-corrected chi connectivity index (χ0v) is 10.2. The third-order valence-electron chi connectivity index (χ3n) is 2.69. The van der Waals surface area contributed by atoms with E-state index in [1.807, 2.05) is 24.3 Å². The fourth-order valence-corrected chi connectivity index (χ4v) is 2.78. The number of hydrogen-bond acceptors (Lipinski definition) is 3. The first-order chi connectivity index (χ1) is 8.78. The molecule has 0 bridgehead atoms. The summed E-state index contributed by atoms with van der Waals surface area (Å²) in [5.41, 5.74) is 2.36. The van der Waals surface area contributed by atoms with Crippen molar-refractivity contribution in [2.75, 3.05) is 0 Å². The van der Waals surface area contributed by atoms with Crippen LogP contribution in [0.2, 0.25) is 0 Å². The van der Waals surface area contributed by atoms with Gasteiger partial charge in [-0.25, -0.2) is 4.98 Å². The van der Waals surface area contributed by atoms with Crippen LogP contribution in [0.15, 0.2) is 42.5 Å². The molecule has 3 aromatic rings. The number of aromatic nitrogens is 1. The zero-order chi connectivity index (χ0) is 12.5. The topological polar surface area (TPSA) is 33.1 Å². The number of terminal acetylenes is 1. The normalized spacial score (nSPS) is 10.4. The average molecular weight is 251 g/mol. The van der Waals surface area contributed by atoms with Gasteiger partial charge in [0.25, 0.3) is 0 Å².